The van der Waals surface area contributed by atoms with Crippen molar-refractivity contribution < 1.29 is 9.47 Å². The van der Waals surface area contributed by atoms with Crippen LogP contribution in [0.3, 0.4) is 0 Å². The number of likely N-dealkylation sites (N-methyl/N-ethyl adjacent to an activating group) is 1. The Morgan fingerprint density at radius 2 is 1.62 bits per heavy atom. The lowest BCUT2D eigenvalue weighted by molar-refractivity contribution is 0.0487. The first-order chi connectivity index (χ1) is 11.8. The van der Waals surface area contributed by atoms with Crippen LogP contribution in [0.25, 0.3) is 0 Å². The summed E-state index contributed by atoms with van der Waals surface area (Å²) in [4.78, 5) is 7.05. The van der Waals surface area contributed by atoms with Crippen LogP contribution in [0.1, 0.15) is 47.0 Å². The molecule has 6 heteroatoms. The quantitative estimate of drug-likeness (QED) is 0.255. The number of ether oxygens (including phenoxy) is 2. The van der Waals surface area contributed by atoms with Crippen molar-refractivity contribution in [3.8, 4) is 0 Å². The van der Waals surface area contributed by atoms with Gasteiger partial charge in [-0.2, -0.15) is 0 Å². The largest absolute Gasteiger partial charge is 0.379 e. The fourth-order valence-electron chi connectivity index (χ4n) is 2.20. The van der Waals surface area contributed by atoms with Crippen molar-refractivity contribution in [1.29, 1.82) is 0 Å². The molecule has 0 amide bonds. The van der Waals surface area contributed by atoms with E-state index in [9.17, 15) is 0 Å². The molecular weight excluding hydrogens is 304 g/mol. The van der Waals surface area contributed by atoms with Gasteiger partial charge in [-0.15, -0.1) is 0 Å². The third-order valence-electron chi connectivity index (χ3n) is 3.57. The third kappa shape index (κ3) is 14.7. The summed E-state index contributed by atoms with van der Waals surface area (Å²) in [7, 11) is 0. The predicted molar refractivity (Wildman–Crippen MR) is 103 cm³/mol. The summed E-state index contributed by atoms with van der Waals surface area (Å²) in [6, 6.07) is 0. The van der Waals surface area contributed by atoms with E-state index in [0.717, 1.165) is 58.3 Å². The van der Waals surface area contributed by atoms with E-state index in [0.29, 0.717) is 19.8 Å². The molecular formula is C18H40N4O2. The van der Waals surface area contributed by atoms with Gasteiger partial charge in [-0.25, -0.2) is 0 Å². The molecule has 0 bridgehead atoms. The summed E-state index contributed by atoms with van der Waals surface area (Å²) in [5, 5.41) is 6.58. The predicted octanol–water partition coefficient (Wildman–Crippen LogP) is 2.11. The number of aliphatic imine (C=N–C) groups is 1. The molecule has 0 aromatic rings. The van der Waals surface area contributed by atoms with E-state index in [1.165, 1.54) is 12.8 Å². The first kappa shape index (κ1) is 23.1. The van der Waals surface area contributed by atoms with Gasteiger partial charge in [0, 0.05) is 26.2 Å². The zero-order chi connectivity index (χ0) is 17.9. The number of rotatable bonds is 16. The van der Waals surface area contributed by atoms with Gasteiger partial charge in [-0.1, -0.05) is 27.2 Å². The molecule has 0 fully saturated rings. The van der Waals surface area contributed by atoms with E-state index < -0.39 is 0 Å². The van der Waals surface area contributed by atoms with Gasteiger partial charge in [0.2, 0.25) is 0 Å². The van der Waals surface area contributed by atoms with Gasteiger partial charge >= 0.3 is 0 Å². The van der Waals surface area contributed by atoms with Crippen LogP contribution in [-0.4, -0.2) is 76.6 Å². The van der Waals surface area contributed by atoms with Crippen LogP contribution in [0.15, 0.2) is 4.99 Å². The normalized spacial score (nSPS) is 12.0. The molecule has 0 spiro atoms. The Balaban J connectivity index is 3.76. The number of hydrogen-bond donors (Lipinski definition) is 2. The summed E-state index contributed by atoms with van der Waals surface area (Å²) < 4.78 is 11.0. The summed E-state index contributed by atoms with van der Waals surface area (Å²) in [6.45, 7) is 17.2. The maximum Gasteiger partial charge on any atom is 0.191 e. The lowest BCUT2D eigenvalue weighted by atomic mass is 10.4. The fourth-order valence-corrected chi connectivity index (χ4v) is 2.20. The van der Waals surface area contributed by atoms with Crippen LogP contribution in [-0.2, 0) is 9.47 Å². The molecule has 0 radical (unpaired) electrons. The molecule has 0 aliphatic heterocycles. The minimum absolute atomic E-state index is 0.654. The Kier molecular flexibility index (Phi) is 17.8. The molecule has 0 saturated heterocycles. The van der Waals surface area contributed by atoms with Gasteiger partial charge in [0.25, 0.3) is 0 Å². The number of hydrogen-bond acceptors (Lipinski definition) is 4. The van der Waals surface area contributed by atoms with Crippen LogP contribution in [0, 0.1) is 0 Å². The second-order valence-corrected chi connectivity index (χ2v) is 5.70. The second-order valence-electron chi connectivity index (χ2n) is 5.70. The summed E-state index contributed by atoms with van der Waals surface area (Å²) in [6.07, 6.45) is 3.49. The molecule has 0 aliphatic rings. The van der Waals surface area contributed by atoms with Crippen molar-refractivity contribution in [1.82, 2.24) is 15.5 Å². The smallest absolute Gasteiger partial charge is 0.191 e. The molecule has 24 heavy (non-hydrogen) atoms. The van der Waals surface area contributed by atoms with Crippen molar-refractivity contribution >= 4 is 5.96 Å². The van der Waals surface area contributed by atoms with Crippen molar-refractivity contribution in [3.63, 3.8) is 0 Å². The van der Waals surface area contributed by atoms with Crippen LogP contribution in [0.2, 0.25) is 0 Å². The number of guanidine groups is 1. The molecule has 0 aliphatic carbocycles. The Hall–Kier alpha value is -0.850. The van der Waals surface area contributed by atoms with Gasteiger partial charge in [0.05, 0.1) is 26.4 Å². The highest BCUT2D eigenvalue weighted by Crippen LogP contribution is 1.91. The Morgan fingerprint density at radius 1 is 0.875 bits per heavy atom. The second kappa shape index (κ2) is 18.5. The molecule has 0 saturated carbocycles. The summed E-state index contributed by atoms with van der Waals surface area (Å²) in [5.41, 5.74) is 0. The van der Waals surface area contributed by atoms with Crippen LogP contribution >= 0.6 is 0 Å². The molecule has 144 valence electrons. The van der Waals surface area contributed by atoms with E-state index in [2.05, 4.69) is 48.2 Å². The molecule has 0 aromatic heterocycles. The van der Waals surface area contributed by atoms with Crippen molar-refractivity contribution in [2.45, 2.75) is 47.0 Å². The van der Waals surface area contributed by atoms with Gasteiger partial charge in [-0.05, 0) is 32.9 Å². The van der Waals surface area contributed by atoms with E-state index >= 15 is 0 Å². The first-order valence-electron chi connectivity index (χ1n) is 9.68. The number of nitrogens with zero attached hydrogens (tertiary/aromatic N) is 2. The van der Waals surface area contributed by atoms with Crippen molar-refractivity contribution in [2.24, 2.45) is 4.99 Å². The highest BCUT2D eigenvalue weighted by Gasteiger charge is 2.01. The van der Waals surface area contributed by atoms with Crippen molar-refractivity contribution in [2.75, 3.05) is 65.7 Å². The molecule has 0 unspecified atom stereocenters. The van der Waals surface area contributed by atoms with Gasteiger partial charge in [0.1, 0.15) is 0 Å². The zero-order valence-corrected chi connectivity index (χ0v) is 16.4. The monoisotopic (exact) mass is 344 g/mol. The highest BCUT2D eigenvalue weighted by molar-refractivity contribution is 5.79. The van der Waals surface area contributed by atoms with Gasteiger partial charge < -0.3 is 25.0 Å². The number of nitrogens with one attached hydrogen (secondary N) is 2. The SMILES string of the molecule is CCCCOCCOCCNC(=NCCN(CC)CCC)NCC. The average molecular weight is 345 g/mol. The van der Waals surface area contributed by atoms with Crippen molar-refractivity contribution in [3.05, 3.63) is 0 Å². The molecule has 0 heterocycles. The Morgan fingerprint density at radius 3 is 2.25 bits per heavy atom. The molecule has 2 N–H and O–H groups in total. The topological polar surface area (TPSA) is 58.1 Å². The number of unbranched alkanes of at least 4 members (excludes halogenated alkanes) is 1. The average Bonchev–Trinajstić information content (AvgIpc) is 2.59. The maximum atomic E-state index is 5.56. The fraction of sp³-hybridized carbons (Fsp3) is 0.944. The lowest BCUT2D eigenvalue weighted by Crippen LogP contribution is -2.39. The zero-order valence-electron chi connectivity index (χ0n) is 16.4. The Labute approximate surface area is 149 Å². The van der Waals surface area contributed by atoms with E-state index in [1.807, 2.05) is 0 Å². The van der Waals surface area contributed by atoms with Gasteiger partial charge in [0.15, 0.2) is 5.96 Å². The van der Waals surface area contributed by atoms with Crippen LogP contribution in [0.4, 0.5) is 0 Å². The van der Waals surface area contributed by atoms with E-state index in [1.54, 1.807) is 0 Å². The maximum absolute atomic E-state index is 5.56. The van der Waals surface area contributed by atoms with E-state index in [-0.39, 0.29) is 0 Å². The standard InChI is InChI=1S/C18H40N4O2/c1-5-9-14-23-16-17-24-15-11-21-18(19-7-3)20-10-13-22(8-4)12-6-2/h5-17H2,1-4H3,(H2,19,20,21). The van der Waals surface area contributed by atoms with Crippen LogP contribution < -0.4 is 10.6 Å². The lowest BCUT2D eigenvalue weighted by Gasteiger charge is -2.18. The molecule has 0 atom stereocenters. The molecule has 0 rings (SSSR count). The minimum atomic E-state index is 0.654. The first-order valence-corrected chi connectivity index (χ1v) is 9.68. The third-order valence-corrected chi connectivity index (χ3v) is 3.57. The minimum Gasteiger partial charge on any atom is -0.379 e. The molecule has 6 nitrogen and oxygen atoms in total. The molecule has 0 aromatic carbocycles. The summed E-state index contributed by atoms with van der Waals surface area (Å²) >= 11 is 0. The highest BCUT2D eigenvalue weighted by atomic mass is 16.5. The van der Waals surface area contributed by atoms with Gasteiger partial charge in [-0.3, -0.25) is 4.99 Å². The van der Waals surface area contributed by atoms with E-state index in [4.69, 9.17) is 9.47 Å². The summed E-state index contributed by atoms with van der Waals surface area (Å²) in [5.74, 6) is 0.868. The van der Waals surface area contributed by atoms with Crippen LogP contribution in [0.5, 0.6) is 0 Å². The Bertz CT molecular complexity index is 288.